The highest BCUT2D eigenvalue weighted by atomic mass is 16.1. The Morgan fingerprint density at radius 3 is 2.46 bits per heavy atom. The van der Waals surface area contributed by atoms with Crippen LogP contribution in [0.2, 0.25) is 0 Å². The highest BCUT2D eigenvalue weighted by Gasteiger charge is 2.16. The number of carbonyl (C=O) groups is 1. The molecule has 1 fully saturated rings. The zero-order valence-corrected chi connectivity index (χ0v) is 14.7. The normalized spacial score (nSPS) is 15.0. The van der Waals surface area contributed by atoms with Crippen LogP contribution in [0.4, 0.5) is 5.69 Å². The molecule has 3 rings (SSSR count). The smallest absolute Gasteiger partial charge is 0.250 e. The number of amides is 1. The lowest BCUT2D eigenvalue weighted by atomic mass is 10.0. The van der Waals surface area contributed by atoms with Crippen LogP contribution < -0.4 is 5.32 Å². The molecular weight excluding hydrogens is 302 g/mol. The molecule has 0 bridgehead atoms. The van der Waals surface area contributed by atoms with E-state index in [1.54, 1.807) is 17.1 Å². The molecule has 0 aliphatic heterocycles. The summed E-state index contributed by atoms with van der Waals surface area (Å²) >= 11 is 0. The number of carbonyl (C=O) groups excluding carboxylic acids is 1. The monoisotopic (exact) mass is 327 g/mol. The Kier molecular flexibility index (Phi) is 4.92. The molecule has 2 aromatic heterocycles. The van der Waals surface area contributed by atoms with Crippen LogP contribution in [0.1, 0.15) is 55.5 Å². The Morgan fingerprint density at radius 2 is 1.88 bits per heavy atom. The Bertz CT molecular complexity index is 714. The number of rotatable bonds is 5. The second kappa shape index (κ2) is 7.11. The Labute approximate surface area is 142 Å². The lowest BCUT2D eigenvalue weighted by Gasteiger charge is -2.09. The van der Waals surface area contributed by atoms with Crippen molar-refractivity contribution in [3.05, 3.63) is 29.3 Å². The fourth-order valence-electron chi connectivity index (χ4n) is 3.27. The maximum Gasteiger partial charge on any atom is 0.250 e. The van der Waals surface area contributed by atoms with Crippen molar-refractivity contribution >= 4 is 11.6 Å². The van der Waals surface area contributed by atoms with Gasteiger partial charge in [-0.3, -0.25) is 4.79 Å². The van der Waals surface area contributed by atoms with E-state index in [1.165, 1.54) is 25.7 Å². The number of nitrogens with one attached hydrogen (secondary N) is 1. The first kappa shape index (κ1) is 16.6. The van der Waals surface area contributed by atoms with Crippen molar-refractivity contribution in [2.75, 3.05) is 5.32 Å². The molecule has 6 heteroatoms. The van der Waals surface area contributed by atoms with Crippen LogP contribution in [0.25, 0.3) is 5.95 Å². The molecule has 1 amide bonds. The van der Waals surface area contributed by atoms with E-state index >= 15 is 0 Å². The summed E-state index contributed by atoms with van der Waals surface area (Å²) in [6, 6.07) is 0. The minimum absolute atomic E-state index is 0.0419. The van der Waals surface area contributed by atoms with Gasteiger partial charge in [0.05, 0.1) is 23.8 Å². The van der Waals surface area contributed by atoms with Crippen LogP contribution in [-0.2, 0) is 4.79 Å². The topological polar surface area (TPSA) is 72.7 Å². The van der Waals surface area contributed by atoms with E-state index in [0.717, 1.165) is 29.3 Å². The van der Waals surface area contributed by atoms with Gasteiger partial charge in [-0.25, -0.2) is 14.6 Å². The number of anilines is 1. The van der Waals surface area contributed by atoms with Gasteiger partial charge < -0.3 is 5.32 Å². The van der Waals surface area contributed by atoms with Crippen molar-refractivity contribution in [3.63, 3.8) is 0 Å². The number of aryl methyl sites for hydroxylation is 1. The second-order valence-electron chi connectivity index (χ2n) is 6.72. The van der Waals surface area contributed by atoms with Crippen molar-refractivity contribution in [1.29, 1.82) is 0 Å². The maximum atomic E-state index is 12.0. The Hall–Kier alpha value is -2.24. The number of hydrogen-bond donors (Lipinski definition) is 1. The molecule has 128 valence electrons. The van der Waals surface area contributed by atoms with E-state index < -0.39 is 0 Å². The van der Waals surface area contributed by atoms with Gasteiger partial charge in [-0.1, -0.05) is 25.7 Å². The molecule has 2 aromatic rings. The maximum absolute atomic E-state index is 12.0. The van der Waals surface area contributed by atoms with Gasteiger partial charge in [0.2, 0.25) is 5.91 Å². The van der Waals surface area contributed by atoms with Crippen molar-refractivity contribution in [2.45, 2.75) is 59.3 Å². The summed E-state index contributed by atoms with van der Waals surface area (Å²) in [6.45, 7) is 6.00. The van der Waals surface area contributed by atoms with Gasteiger partial charge in [0.15, 0.2) is 0 Å². The molecule has 1 aliphatic rings. The first-order chi connectivity index (χ1) is 11.5. The van der Waals surface area contributed by atoms with Gasteiger partial charge >= 0.3 is 0 Å². The summed E-state index contributed by atoms with van der Waals surface area (Å²) in [5.41, 5.74) is 3.78. The minimum Gasteiger partial charge on any atom is -0.323 e. The zero-order valence-electron chi connectivity index (χ0n) is 14.7. The van der Waals surface area contributed by atoms with Gasteiger partial charge in [-0.05, 0) is 38.7 Å². The van der Waals surface area contributed by atoms with Crippen LogP contribution in [-0.4, -0.2) is 25.7 Å². The fourth-order valence-corrected chi connectivity index (χ4v) is 3.27. The van der Waals surface area contributed by atoms with E-state index in [9.17, 15) is 4.79 Å². The van der Waals surface area contributed by atoms with E-state index in [0.29, 0.717) is 18.1 Å². The minimum atomic E-state index is 0.0419. The molecule has 0 atom stereocenters. The standard InChI is InChI=1S/C18H25N5O/c1-12-13(2)22-23(14(12)3)18-19-10-16(11-20-18)21-17(24)9-8-15-6-4-5-7-15/h10-11,15H,4-9H2,1-3H3,(H,21,24). The number of nitrogens with zero attached hydrogens (tertiary/aromatic N) is 4. The van der Waals surface area contributed by atoms with E-state index in [1.807, 2.05) is 20.8 Å². The number of hydrogen-bond acceptors (Lipinski definition) is 4. The van der Waals surface area contributed by atoms with Crippen molar-refractivity contribution in [2.24, 2.45) is 5.92 Å². The molecular formula is C18H25N5O. The predicted molar refractivity (Wildman–Crippen MR) is 93.2 cm³/mol. The first-order valence-electron chi connectivity index (χ1n) is 8.69. The molecule has 0 aromatic carbocycles. The Morgan fingerprint density at radius 1 is 1.21 bits per heavy atom. The SMILES string of the molecule is Cc1nn(-c2ncc(NC(=O)CCC3CCCC3)cn2)c(C)c1C. The zero-order chi connectivity index (χ0) is 17.1. The van der Waals surface area contributed by atoms with Gasteiger partial charge in [0, 0.05) is 12.1 Å². The molecule has 1 aliphatic carbocycles. The Balaban J connectivity index is 1.59. The predicted octanol–water partition coefficient (Wildman–Crippen LogP) is 3.50. The average molecular weight is 327 g/mol. The van der Waals surface area contributed by atoms with Crippen LogP contribution in [0.3, 0.4) is 0 Å². The van der Waals surface area contributed by atoms with Gasteiger partial charge in [-0.15, -0.1) is 0 Å². The van der Waals surface area contributed by atoms with E-state index in [2.05, 4.69) is 20.4 Å². The lowest BCUT2D eigenvalue weighted by molar-refractivity contribution is -0.116. The third kappa shape index (κ3) is 3.63. The molecule has 24 heavy (non-hydrogen) atoms. The van der Waals surface area contributed by atoms with Gasteiger partial charge in [0.25, 0.3) is 5.95 Å². The molecule has 0 unspecified atom stereocenters. The van der Waals surface area contributed by atoms with E-state index in [-0.39, 0.29) is 5.91 Å². The summed E-state index contributed by atoms with van der Waals surface area (Å²) < 4.78 is 1.73. The quantitative estimate of drug-likeness (QED) is 0.912. The molecule has 0 radical (unpaired) electrons. The first-order valence-corrected chi connectivity index (χ1v) is 8.69. The summed E-state index contributed by atoms with van der Waals surface area (Å²) in [7, 11) is 0. The van der Waals surface area contributed by atoms with Crippen molar-refractivity contribution in [1.82, 2.24) is 19.7 Å². The summed E-state index contributed by atoms with van der Waals surface area (Å²) in [6.07, 6.45) is 10.0. The summed E-state index contributed by atoms with van der Waals surface area (Å²) in [5, 5.41) is 7.33. The van der Waals surface area contributed by atoms with Crippen LogP contribution in [0.15, 0.2) is 12.4 Å². The van der Waals surface area contributed by atoms with E-state index in [4.69, 9.17) is 0 Å². The van der Waals surface area contributed by atoms with Crippen LogP contribution in [0, 0.1) is 26.7 Å². The molecule has 1 saturated carbocycles. The van der Waals surface area contributed by atoms with Crippen LogP contribution >= 0.6 is 0 Å². The second-order valence-corrected chi connectivity index (χ2v) is 6.72. The largest absolute Gasteiger partial charge is 0.323 e. The van der Waals surface area contributed by atoms with Crippen LogP contribution in [0.5, 0.6) is 0 Å². The highest BCUT2D eigenvalue weighted by molar-refractivity contribution is 5.90. The molecule has 0 saturated heterocycles. The molecule has 2 heterocycles. The molecule has 0 spiro atoms. The third-order valence-corrected chi connectivity index (χ3v) is 5.02. The summed E-state index contributed by atoms with van der Waals surface area (Å²) in [4.78, 5) is 20.7. The molecule has 1 N–H and O–H groups in total. The van der Waals surface area contributed by atoms with Gasteiger partial charge in [-0.2, -0.15) is 5.10 Å². The van der Waals surface area contributed by atoms with Gasteiger partial charge in [0.1, 0.15) is 0 Å². The lowest BCUT2D eigenvalue weighted by Crippen LogP contribution is -2.14. The third-order valence-electron chi connectivity index (χ3n) is 5.02. The number of aromatic nitrogens is 4. The molecule has 6 nitrogen and oxygen atoms in total. The highest BCUT2D eigenvalue weighted by Crippen LogP contribution is 2.28. The van der Waals surface area contributed by atoms with Crippen molar-refractivity contribution in [3.8, 4) is 5.95 Å². The summed E-state index contributed by atoms with van der Waals surface area (Å²) in [5.74, 6) is 1.29. The fraction of sp³-hybridized carbons (Fsp3) is 0.556. The van der Waals surface area contributed by atoms with Crippen molar-refractivity contribution < 1.29 is 4.79 Å². The average Bonchev–Trinajstić information content (AvgIpc) is 3.18.